The number of halogens is 1. The quantitative estimate of drug-likeness (QED) is 0.780. The molecular formula is C17H28FN3. The highest BCUT2D eigenvalue weighted by Crippen LogP contribution is 2.25. The van der Waals surface area contributed by atoms with Crippen molar-refractivity contribution in [1.29, 1.82) is 0 Å². The van der Waals surface area contributed by atoms with Crippen LogP contribution in [0.2, 0.25) is 0 Å². The molecule has 3 nitrogen and oxygen atoms in total. The molecule has 1 aromatic rings. The minimum atomic E-state index is -0.117. The van der Waals surface area contributed by atoms with Gasteiger partial charge in [0.25, 0.3) is 0 Å². The van der Waals surface area contributed by atoms with E-state index >= 15 is 0 Å². The van der Waals surface area contributed by atoms with Gasteiger partial charge in [0, 0.05) is 26.2 Å². The average Bonchev–Trinajstić information content (AvgIpc) is 2.84. The van der Waals surface area contributed by atoms with Crippen molar-refractivity contribution in [3.8, 4) is 0 Å². The predicted octanol–water partition coefficient (Wildman–Crippen LogP) is 2.86. The molecule has 0 saturated carbocycles. The van der Waals surface area contributed by atoms with Crippen LogP contribution >= 0.6 is 0 Å². The van der Waals surface area contributed by atoms with Crippen LogP contribution in [0.4, 0.5) is 10.1 Å². The van der Waals surface area contributed by atoms with Crippen molar-refractivity contribution in [3.63, 3.8) is 0 Å². The van der Waals surface area contributed by atoms with Crippen LogP contribution in [0.15, 0.2) is 18.2 Å². The van der Waals surface area contributed by atoms with Gasteiger partial charge in [0.2, 0.25) is 0 Å². The Kier molecular flexibility index (Phi) is 6.00. The van der Waals surface area contributed by atoms with E-state index in [0.717, 1.165) is 43.9 Å². The zero-order valence-corrected chi connectivity index (χ0v) is 13.5. The summed E-state index contributed by atoms with van der Waals surface area (Å²) in [6.45, 7) is 5.87. The van der Waals surface area contributed by atoms with Crippen molar-refractivity contribution in [2.75, 3.05) is 38.6 Å². The zero-order valence-electron chi connectivity index (χ0n) is 13.5. The van der Waals surface area contributed by atoms with Crippen molar-refractivity contribution in [2.45, 2.75) is 38.8 Å². The van der Waals surface area contributed by atoms with Gasteiger partial charge in [-0.3, -0.25) is 0 Å². The van der Waals surface area contributed by atoms with Gasteiger partial charge in [-0.05, 0) is 51.0 Å². The molecule has 1 heterocycles. The highest BCUT2D eigenvalue weighted by molar-refractivity contribution is 5.54. The molecule has 1 atom stereocenters. The van der Waals surface area contributed by atoms with Gasteiger partial charge in [-0.25, -0.2) is 4.39 Å². The summed E-state index contributed by atoms with van der Waals surface area (Å²) in [6, 6.07) is 5.92. The number of anilines is 1. The first-order valence-electron chi connectivity index (χ1n) is 8.03. The number of likely N-dealkylation sites (N-methyl/N-ethyl adjacent to an activating group) is 2. The third-order valence-corrected chi connectivity index (χ3v) is 4.35. The van der Waals surface area contributed by atoms with Gasteiger partial charge in [-0.1, -0.05) is 19.1 Å². The van der Waals surface area contributed by atoms with Crippen LogP contribution in [-0.2, 0) is 6.54 Å². The molecule has 0 amide bonds. The van der Waals surface area contributed by atoms with Gasteiger partial charge >= 0.3 is 0 Å². The van der Waals surface area contributed by atoms with Crippen LogP contribution in [-0.4, -0.2) is 44.7 Å². The predicted molar refractivity (Wildman–Crippen MR) is 87.3 cm³/mol. The molecular weight excluding hydrogens is 265 g/mol. The van der Waals surface area contributed by atoms with Crippen molar-refractivity contribution >= 4 is 5.69 Å². The fourth-order valence-corrected chi connectivity index (χ4v) is 3.15. The topological polar surface area (TPSA) is 18.5 Å². The number of hydrogen-bond acceptors (Lipinski definition) is 3. The van der Waals surface area contributed by atoms with E-state index in [0.29, 0.717) is 6.04 Å². The summed E-state index contributed by atoms with van der Waals surface area (Å²) in [6.07, 6.45) is 3.54. The Bertz CT molecular complexity index is 450. The molecule has 2 rings (SSSR count). The lowest BCUT2D eigenvalue weighted by molar-refractivity contribution is 0.313. The van der Waals surface area contributed by atoms with Gasteiger partial charge in [0.05, 0.1) is 5.69 Å². The normalized spacial score (nSPS) is 19.1. The Hall–Kier alpha value is -1.13. The molecule has 0 radical (unpaired) electrons. The molecule has 1 aliphatic rings. The summed E-state index contributed by atoms with van der Waals surface area (Å²) in [5, 5.41) is 3.37. The SMILES string of the molecule is CCCNCc1cccc(F)c1N(C)CC1CCCN1C. The minimum absolute atomic E-state index is 0.117. The molecule has 21 heavy (non-hydrogen) atoms. The number of hydrogen-bond donors (Lipinski definition) is 1. The van der Waals surface area contributed by atoms with Gasteiger partial charge < -0.3 is 15.1 Å². The molecule has 1 aromatic carbocycles. The van der Waals surface area contributed by atoms with E-state index in [1.165, 1.54) is 12.8 Å². The Morgan fingerprint density at radius 3 is 2.90 bits per heavy atom. The fraction of sp³-hybridized carbons (Fsp3) is 0.647. The van der Waals surface area contributed by atoms with E-state index in [-0.39, 0.29) is 5.82 Å². The van der Waals surface area contributed by atoms with Gasteiger partial charge in [0.15, 0.2) is 0 Å². The monoisotopic (exact) mass is 293 g/mol. The Morgan fingerprint density at radius 1 is 1.43 bits per heavy atom. The summed E-state index contributed by atoms with van der Waals surface area (Å²) in [5.41, 5.74) is 1.80. The van der Waals surface area contributed by atoms with Gasteiger partial charge in [0.1, 0.15) is 5.82 Å². The smallest absolute Gasteiger partial charge is 0.146 e. The van der Waals surface area contributed by atoms with E-state index in [1.54, 1.807) is 12.1 Å². The van der Waals surface area contributed by atoms with Crippen molar-refractivity contribution < 1.29 is 4.39 Å². The van der Waals surface area contributed by atoms with Crippen molar-refractivity contribution in [1.82, 2.24) is 10.2 Å². The van der Waals surface area contributed by atoms with Crippen molar-refractivity contribution in [3.05, 3.63) is 29.6 Å². The summed E-state index contributed by atoms with van der Waals surface area (Å²) in [5.74, 6) is -0.117. The molecule has 0 aliphatic carbocycles. The number of likely N-dealkylation sites (tertiary alicyclic amines) is 1. The summed E-state index contributed by atoms with van der Waals surface area (Å²) >= 11 is 0. The third kappa shape index (κ3) is 4.17. The van der Waals surface area contributed by atoms with Crippen LogP contribution < -0.4 is 10.2 Å². The van der Waals surface area contributed by atoms with E-state index in [2.05, 4.69) is 29.1 Å². The van der Waals surface area contributed by atoms with Gasteiger partial charge in [-0.2, -0.15) is 0 Å². The second-order valence-corrected chi connectivity index (χ2v) is 6.08. The van der Waals surface area contributed by atoms with E-state index in [9.17, 15) is 4.39 Å². The maximum absolute atomic E-state index is 14.3. The summed E-state index contributed by atoms with van der Waals surface area (Å²) < 4.78 is 14.3. The highest BCUT2D eigenvalue weighted by atomic mass is 19.1. The molecule has 1 unspecified atom stereocenters. The maximum Gasteiger partial charge on any atom is 0.146 e. The van der Waals surface area contributed by atoms with E-state index < -0.39 is 0 Å². The van der Waals surface area contributed by atoms with Crippen LogP contribution in [0, 0.1) is 5.82 Å². The molecule has 4 heteroatoms. The number of nitrogens with one attached hydrogen (secondary N) is 1. The van der Waals surface area contributed by atoms with Crippen LogP contribution in [0.5, 0.6) is 0 Å². The number of benzene rings is 1. The molecule has 1 fully saturated rings. The second kappa shape index (κ2) is 7.76. The minimum Gasteiger partial charge on any atom is -0.370 e. The zero-order chi connectivity index (χ0) is 15.2. The van der Waals surface area contributed by atoms with Crippen LogP contribution in [0.3, 0.4) is 0 Å². The highest BCUT2D eigenvalue weighted by Gasteiger charge is 2.24. The average molecular weight is 293 g/mol. The lowest BCUT2D eigenvalue weighted by atomic mass is 10.1. The van der Waals surface area contributed by atoms with Crippen LogP contribution in [0.1, 0.15) is 31.7 Å². The molecule has 1 saturated heterocycles. The first-order chi connectivity index (χ1) is 10.1. The Morgan fingerprint density at radius 2 is 2.24 bits per heavy atom. The van der Waals surface area contributed by atoms with Crippen molar-refractivity contribution in [2.24, 2.45) is 0 Å². The van der Waals surface area contributed by atoms with E-state index in [4.69, 9.17) is 0 Å². The van der Waals surface area contributed by atoms with Crippen LogP contribution in [0.25, 0.3) is 0 Å². The van der Waals surface area contributed by atoms with Gasteiger partial charge in [-0.15, -0.1) is 0 Å². The lowest BCUT2D eigenvalue weighted by Gasteiger charge is -2.29. The first-order valence-corrected chi connectivity index (χ1v) is 8.03. The molecule has 1 N–H and O–H groups in total. The maximum atomic E-state index is 14.3. The standard InChI is InChI=1S/C17H28FN3/c1-4-10-19-12-14-7-5-9-16(18)17(14)21(3)13-15-8-6-11-20(15)2/h5,7,9,15,19H,4,6,8,10-13H2,1-3H3. The fourth-order valence-electron chi connectivity index (χ4n) is 3.15. The third-order valence-electron chi connectivity index (χ3n) is 4.35. The molecule has 1 aliphatic heterocycles. The first kappa shape index (κ1) is 16.2. The Balaban J connectivity index is 2.08. The number of nitrogens with zero attached hydrogens (tertiary/aromatic N) is 2. The summed E-state index contributed by atoms with van der Waals surface area (Å²) in [4.78, 5) is 4.47. The molecule has 0 bridgehead atoms. The Labute approximate surface area is 128 Å². The number of para-hydroxylation sites is 1. The molecule has 0 spiro atoms. The largest absolute Gasteiger partial charge is 0.370 e. The second-order valence-electron chi connectivity index (χ2n) is 6.08. The molecule has 0 aromatic heterocycles. The van der Waals surface area contributed by atoms with E-state index in [1.807, 2.05) is 13.1 Å². The lowest BCUT2D eigenvalue weighted by Crippen LogP contribution is -2.37. The number of rotatable bonds is 7. The summed E-state index contributed by atoms with van der Waals surface area (Å²) in [7, 11) is 4.17. The molecule has 118 valence electrons.